The number of carbonyl (C=O) groups excluding carboxylic acids is 2. The van der Waals surface area contributed by atoms with Crippen LogP contribution in [0, 0.1) is 0 Å². The van der Waals surface area contributed by atoms with E-state index >= 15 is 0 Å². The Balaban J connectivity index is 2.63. The maximum absolute atomic E-state index is 12.0. The molecular weight excluding hydrogens is 252 g/mol. The molecule has 0 fully saturated rings. The van der Waals surface area contributed by atoms with Gasteiger partial charge in [0, 0.05) is 5.38 Å². The van der Waals surface area contributed by atoms with Crippen LogP contribution in [0.3, 0.4) is 0 Å². The van der Waals surface area contributed by atoms with E-state index < -0.39 is 17.7 Å². The first-order valence-corrected chi connectivity index (χ1v) is 6.69. The van der Waals surface area contributed by atoms with E-state index in [0.717, 1.165) is 0 Å². The average molecular weight is 270 g/mol. The maximum Gasteiger partial charge on any atom is 0.408 e. The fourth-order valence-corrected chi connectivity index (χ4v) is 1.86. The van der Waals surface area contributed by atoms with Gasteiger partial charge in [-0.05, 0) is 27.2 Å². The zero-order valence-corrected chi connectivity index (χ0v) is 11.8. The van der Waals surface area contributed by atoms with E-state index in [1.54, 1.807) is 31.7 Å². The number of nitrogens with zero attached hydrogens (tertiary/aromatic N) is 1. The lowest BCUT2D eigenvalue weighted by Crippen LogP contribution is -2.43. The van der Waals surface area contributed by atoms with Gasteiger partial charge in [0.15, 0.2) is 0 Å². The van der Waals surface area contributed by atoms with Crippen LogP contribution in [0.15, 0.2) is 10.9 Å². The summed E-state index contributed by atoms with van der Waals surface area (Å²) in [6.45, 7) is 7.15. The summed E-state index contributed by atoms with van der Waals surface area (Å²) >= 11 is 1.35. The number of carbonyl (C=O) groups is 2. The third kappa shape index (κ3) is 4.44. The normalized spacial score (nSPS) is 12.9. The van der Waals surface area contributed by atoms with E-state index in [2.05, 4.69) is 10.3 Å². The third-order valence-electron chi connectivity index (χ3n) is 2.10. The molecule has 1 aromatic rings. The molecule has 1 N–H and O–H groups in total. The van der Waals surface area contributed by atoms with E-state index in [4.69, 9.17) is 4.74 Å². The van der Waals surface area contributed by atoms with Crippen LogP contribution in [-0.4, -0.2) is 28.5 Å². The minimum absolute atomic E-state index is 0.190. The predicted molar refractivity (Wildman–Crippen MR) is 69.9 cm³/mol. The summed E-state index contributed by atoms with van der Waals surface area (Å²) in [5.41, 5.74) is 1.39. The first kappa shape index (κ1) is 14.6. The highest BCUT2D eigenvalue weighted by Gasteiger charge is 2.24. The van der Waals surface area contributed by atoms with Crippen molar-refractivity contribution in [3.05, 3.63) is 16.6 Å². The van der Waals surface area contributed by atoms with Gasteiger partial charge in [0.05, 0.1) is 11.6 Å². The third-order valence-corrected chi connectivity index (χ3v) is 2.69. The highest BCUT2D eigenvalue weighted by Crippen LogP contribution is 2.10. The molecule has 0 aromatic carbocycles. The second-order valence-electron chi connectivity index (χ2n) is 4.84. The van der Waals surface area contributed by atoms with Crippen molar-refractivity contribution in [1.82, 2.24) is 10.3 Å². The van der Waals surface area contributed by atoms with E-state index in [-0.39, 0.29) is 5.78 Å². The van der Waals surface area contributed by atoms with Gasteiger partial charge in [-0.15, -0.1) is 11.3 Å². The Bertz CT molecular complexity index is 409. The van der Waals surface area contributed by atoms with Gasteiger partial charge in [-0.25, -0.2) is 9.78 Å². The molecule has 1 atom stereocenters. The molecule has 6 heteroatoms. The van der Waals surface area contributed by atoms with Crippen LogP contribution < -0.4 is 5.32 Å². The summed E-state index contributed by atoms with van der Waals surface area (Å²) in [6, 6.07) is -0.595. The molecule has 18 heavy (non-hydrogen) atoms. The van der Waals surface area contributed by atoms with Crippen molar-refractivity contribution in [2.45, 2.75) is 45.8 Å². The number of nitrogens with one attached hydrogen (secondary N) is 1. The number of hydrogen-bond acceptors (Lipinski definition) is 5. The number of rotatable bonds is 4. The Morgan fingerprint density at radius 2 is 2.17 bits per heavy atom. The zero-order valence-electron chi connectivity index (χ0n) is 11.0. The molecule has 0 radical (unpaired) electrons. The van der Waals surface area contributed by atoms with Gasteiger partial charge >= 0.3 is 6.09 Å². The second-order valence-corrected chi connectivity index (χ2v) is 5.56. The average Bonchev–Trinajstić information content (AvgIpc) is 2.75. The molecule has 0 saturated heterocycles. The first-order valence-electron chi connectivity index (χ1n) is 5.75. The van der Waals surface area contributed by atoms with E-state index in [0.29, 0.717) is 12.1 Å². The van der Waals surface area contributed by atoms with E-state index in [1.165, 1.54) is 11.3 Å². The molecule has 0 bridgehead atoms. The molecule has 0 saturated carbocycles. The minimum atomic E-state index is -0.595. The molecule has 0 aliphatic heterocycles. The van der Waals surface area contributed by atoms with Crippen molar-refractivity contribution in [2.75, 3.05) is 0 Å². The van der Waals surface area contributed by atoms with Crippen molar-refractivity contribution in [3.63, 3.8) is 0 Å². The van der Waals surface area contributed by atoms with Crippen LogP contribution in [0.25, 0.3) is 0 Å². The lowest BCUT2D eigenvalue weighted by atomic mass is 10.1. The SMILES string of the molecule is CC[C@@H](NC(=O)OC(C)(C)C)C(=O)c1cscn1. The molecule has 0 unspecified atom stereocenters. The van der Waals surface area contributed by atoms with Crippen molar-refractivity contribution in [3.8, 4) is 0 Å². The van der Waals surface area contributed by atoms with Gasteiger partial charge in [0.25, 0.3) is 0 Å². The summed E-state index contributed by atoms with van der Waals surface area (Å²) in [5, 5.41) is 4.23. The molecule has 1 heterocycles. The Morgan fingerprint density at radius 3 is 2.61 bits per heavy atom. The number of Topliss-reactive ketones (excluding diaryl/α,β-unsaturated/α-hetero) is 1. The lowest BCUT2D eigenvalue weighted by Gasteiger charge is -2.22. The summed E-state index contributed by atoms with van der Waals surface area (Å²) in [7, 11) is 0. The monoisotopic (exact) mass is 270 g/mol. The molecular formula is C12H18N2O3S. The smallest absolute Gasteiger partial charge is 0.408 e. The van der Waals surface area contributed by atoms with Crippen LogP contribution in [0.4, 0.5) is 4.79 Å². The number of hydrogen-bond donors (Lipinski definition) is 1. The Labute approximate surface area is 111 Å². The van der Waals surface area contributed by atoms with Gasteiger partial charge in [0.1, 0.15) is 11.3 Å². The van der Waals surface area contributed by atoms with Crippen LogP contribution in [0.5, 0.6) is 0 Å². The number of thiazole rings is 1. The molecule has 0 aliphatic carbocycles. The van der Waals surface area contributed by atoms with Crippen molar-refractivity contribution >= 4 is 23.2 Å². The molecule has 100 valence electrons. The number of ketones is 1. The Kier molecular flexibility index (Phi) is 4.84. The number of aromatic nitrogens is 1. The first-order chi connectivity index (χ1) is 8.33. The van der Waals surface area contributed by atoms with Crippen LogP contribution in [-0.2, 0) is 4.74 Å². The summed E-state index contributed by atoms with van der Waals surface area (Å²) in [6.07, 6.45) is -0.0896. The van der Waals surface area contributed by atoms with Crippen LogP contribution >= 0.6 is 11.3 Å². The van der Waals surface area contributed by atoms with Gasteiger partial charge < -0.3 is 10.1 Å². The largest absolute Gasteiger partial charge is 0.444 e. The molecule has 0 spiro atoms. The standard InChI is InChI=1S/C12H18N2O3S/c1-5-8(10(15)9-6-18-7-13-9)14-11(16)17-12(2,3)4/h6-8H,5H2,1-4H3,(H,14,16)/t8-/m1/s1. The van der Waals surface area contributed by atoms with Gasteiger partial charge in [-0.2, -0.15) is 0 Å². The van der Waals surface area contributed by atoms with Crippen LogP contribution in [0.1, 0.15) is 44.6 Å². The van der Waals surface area contributed by atoms with Crippen molar-refractivity contribution < 1.29 is 14.3 Å². The minimum Gasteiger partial charge on any atom is -0.444 e. The fourth-order valence-electron chi connectivity index (χ4n) is 1.32. The van der Waals surface area contributed by atoms with Crippen molar-refractivity contribution in [2.24, 2.45) is 0 Å². The van der Waals surface area contributed by atoms with Crippen LogP contribution in [0.2, 0.25) is 0 Å². The molecule has 0 aliphatic rings. The highest BCUT2D eigenvalue weighted by molar-refractivity contribution is 7.07. The molecule has 5 nitrogen and oxygen atoms in total. The summed E-state index contributed by atoms with van der Waals surface area (Å²) in [5.74, 6) is -0.190. The van der Waals surface area contributed by atoms with Gasteiger partial charge in [-0.1, -0.05) is 6.92 Å². The van der Waals surface area contributed by atoms with Crippen molar-refractivity contribution in [1.29, 1.82) is 0 Å². The highest BCUT2D eigenvalue weighted by atomic mass is 32.1. The Morgan fingerprint density at radius 1 is 1.50 bits per heavy atom. The number of alkyl carbamates (subject to hydrolysis) is 1. The van der Waals surface area contributed by atoms with Gasteiger partial charge in [-0.3, -0.25) is 4.79 Å². The van der Waals surface area contributed by atoms with Gasteiger partial charge in [0.2, 0.25) is 5.78 Å². The van der Waals surface area contributed by atoms with E-state index in [1.807, 2.05) is 6.92 Å². The lowest BCUT2D eigenvalue weighted by molar-refractivity contribution is 0.0490. The fraction of sp³-hybridized carbons (Fsp3) is 0.583. The predicted octanol–water partition coefficient (Wildman–Crippen LogP) is 2.63. The summed E-state index contributed by atoms with van der Waals surface area (Å²) < 4.78 is 5.12. The molecule has 1 amide bonds. The quantitative estimate of drug-likeness (QED) is 0.854. The summed E-state index contributed by atoms with van der Waals surface area (Å²) in [4.78, 5) is 27.6. The second kappa shape index (κ2) is 5.95. The molecule has 1 rings (SSSR count). The number of amides is 1. The Hall–Kier alpha value is -1.43. The molecule has 1 aromatic heterocycles. The number of ether oxygens (including phenoxy) is 1. The maximum atomic E-state index is 12.0. The van der Waals surface area contributed by atoms with E-state index in [9.17, 15) is 9.59 Å². The topological polar surface area (TPSA) is 68.3 Å². The zero-order chi connectivity index (χ0) is 13.8.